The summed E-state index contributed by atoms with van der Waals surface area (Å²) in [6.07, 6.45) is 2.64. The molecule has 1 heterocycles. The highest BCUT2D eigenvalue weighted by Gasteiger charge is 2.35. The van der Waals surface area contributed by atoms with Gasteiger partial charge in [0.05, 0.1) is 11.0 Å². The van der Waals surface area contributed by atoms with Crippen LogP contribution in [0.1, 0.15) is 82.1 Å². The highest BCUT2D eigenvalue weighted by molar-refractivity contribution is 5.98. The number of nitrogens with one attached hydrogen (secondary N) is 2. The summed E-state index contributed by atoms with van der Waals surface area (Å²) in [4.78, 5) is 17.9. The van der Waals surface area contributed by atoms with Crippen LogP contribution in [0.4, 0.5) is 24.8 Å². The number of carbonyl (C=O) groups is 1. The predicted octanol–water partition coefficient (Wildman–Crippen LogP) is 7.74. The zero-order valence-corrected chi connectivity index (χ0v) is 22.1. The minimum atomic E-state index is -4.74. The lowest BCUT2D eigenvalue weighted by Crippen LogP contribution is -2.32. The van der Waals surface area contributed by atoms with Gasteiger partial charge in [0.15, 0.2) is 0 Å². The molecule has 9 heteroatoms. The molecule has 38 heavy (non-hydrogen) atoms. The van der Waals surface area contributed by atoms with E-state index in [2.05, 4.69) is 40.7 Å². The van der Waals surface area contributed by atoms with Gasteiger partial charge in [-0.1, -0.05) is 33.6 Å². The number of hydrogen-bond acceptors (Lipinski definition) is 4. The first kappa shape index (κ1) is 26.4. The van der Waals surface area contributed by atoms with Crippen LogP contribution in [0.2, 0.25) is 0 Å². The quantitative estimate of drug-likeness (QED) is 0.343. The number of nitrogens with zero attached hydrogens (tertiary/aromatic N) is 2. The number of fused-ring (bicyclic) bond motifs is 1. The van der Waals surface area contributed by atoms with Gasteiger partial charge in [-0.05, 0) is 85.9 Å². The molecule has 2 aromatic carbocycles. The zero-order valence-electron chi connectivity index (χ0n) is 22.1. The Morgan fingerprint density at radius 1 is 1.08 bits per heavy atom. The predicted molar refractivity (Wildman–Crippen MR) is 142 cm³/mol. The molecule has 0 radical (unpaired) electrons. The second kappa shape index (κ2) is 10.2. The molecule has 2 atom stereocenters. The molecule has 2 fully saturated rings. The van der Waals surface area contributed by atoms with Crippen molar-refractivity contribution >= 4 is 28.6 Å². The van der Waals surface area contributed by atoms with Gasteiger partial charge in [0.2, 0.25) is 5.95 Å². The van der Waals surface area contributed by atoms with Crippen LogP contribution in [0.15, 0.2) is 42.5 Å². The summed E-state index contributed by atoms with van der Waals surface area (Å²) in [7, 11) is 0. The lowest BCUT2D eigenvalue weighted by molar-refractivity contribution is -0.274. The third kappa shape index (κ3) is 6.08. The molecule has 0 aliphatic heterocycles. The number of alkyl halides is 3. The van der Waals surface area contributed by atoms with Gasteiger partial charge in [0, 0.05) is 23.3 Å². The van der Waals surface area contributed by atoms with Crippen LogP contribution < -0.4 is 15.4 Å². The van der Waals surface area contributed by atoms with Crippen molar-refractivity contribution in [1.82, 2.24) is 14.9 Å². The smallest absolute Gasteiger partial charge is 0.406 e. The minimum absolute atomic E-state index is 0.0707. The monoisotopic (exact) mass is 528 g/mol. The molecule has 5 rings (SSSR count). The van der Waals surface area contributed by atoms with Gasteiger partial charge in [-0.3, -0.25) is 4.79 Å². The molecule has 3 aromatic rings. The number of ether oxygens (including phenoxy) is 1. The Morgan fingerprint density at radius 2 is 1.79 bits per heavy atom. The Balaban J connectivity index is 1.50. The third-order valence-electron chi connectivity index (χ3n) is 7.71. The van der Waals surface area contributed by atoms with Crippen LogP contribution >= 0.6 is 0 Å². The maximum Gasteiger partial charge on any atom is 0.573 e. The van der Waals surface area contributed by atoms with Gasteiger partial charge in [0.25, 0.3) is 5.91 Å². The highest BCUT2D eigenvalue weighted by Crippen LogP contribution is 2.46. The average molecular weight is 529 g/mol. The molecule has 0 bridgehead atoms. The first-order valence-corrected chi connectivity index (χ1v) is 13.4. The maximum absolute atomic E-state index is 13.1. The van der Waals surface area contributed by atoms with Crippen molar-refractivity contribution < 1.29 is 22.7 Å². The van der Waals surface area contributed by atoms with Crippen molar-refractivity contribution in [3.05, 3.63) is 48.0 Å². The van der Waals surface area contributed by atoms with Gasteiger partial charge in [-0.25, -0.2) is 4.98 Å². The second-order valence-electron chi connectivity index (χ2n) is 11.7. The lowest BCUT2D eigenvalue weighted by Gasteiger charge is -2.40. The molecule has 2 aliphatic rings. The summed E-state index contributed by atoms with van der Waals surface area (Å²) in [5, 5.41) is 6.48. The van der Waals surface area contributed by atoms with Crippen molar-refractivity contribution in [2.75, 3.05) is 5.32 Å². The van der Waals surface area contributed by atoms with E-state index in [1.54, 1.807) is 12.1 Å². The van der Waals surface area contributed by atoms with E-state index in [0.717, 1.165) is 56.0 Å². The Labute approximate surface area is 221 Å². The molecule has 2 saturated carbocycles. The number of benzene rings is 2. The second-order valence-corrected chi connectivity index (χ2v) is 11.7. The molecule has 1 aromatic heterocycles. The zero-order chi connectivity index (χ0) is 27.1. The standard InChI is InChI=1S/C29H35F3N4O2/c1-18-14-22(17-28(2,3)16-18)36-25-15-19(26(37)33-20-6-4-5-7-20)8-13-24(25)35-27(36)34-21-9-11-23(12-10-21)38-29(30,31)32/h8-13,15,18,20,22H,4-7,14,16-17H2,1-3H3,(H,33,37)(H,34,35)/t18-,22+/m0/s1. The van der Waals surface area contributed by atoms with Gasteiger partial charge in [0.1, 0.15) is 5.75 Å². The Bertz CT molecular complexity index is 1290. The molecule has 0 spiro atoms. The Hall–Kier alpha value is -3.23. The van der Waals surface area contributed by atoms with E-state index in [9.17, 15) is 18.0 Å². The Morgan fingerprint density at radius 3 is 2.45 bits per heavy atom. The number of rotatable bonds is 6. The highest BCUT2D eigenvalue weighted by atomic mass is 19.4. The summed E-state index contributed by atoms with van der Waals surface area (Å²) < 4.78 is 43.9. The fourth-order valence-electron chi connectivity index (χ4n) is 6.39. The maximum atomic E-state index is 13.1. The van der Waals surface area contributed by atoms with Crippen LogP contribution in [-0.2, 0) is 0 Å². The van der Waals surface area contributed by atoms with Crippen LogP contribution in [0.5, 0.6) is 5.75 Å². The average Bonchev–Trinajstić information content (AvgIpc) is 3.44. The number of anilines is 2. The van der Waals surface area contributed by atoms with Crippen molar-refractivity contribution in [2.24, 2.45) is 11.3 Å². The normalized spacial score (nSPS) is 21.9. The van der Waals surface area contributed by atoms with E-state index in [0.29, 0.717) is 23.1 Å². The fourth-order valence-corrected chi connectivity index (χ4v) is 6.39. The van der Waals surface area contributed by atoms with Gasteiger partial charge in [-0.15, -0.1) is 13.2 Å². The van der Waals surface area contributed by atoms with Crippen molar-refractivity contribution in [1.29, 1.82) is 0 Å². The summed E-state index contributed by atoms with van der Waals surface area (Å²) in [6, 6.07) is 11.6. The number of hydrogen-bond donors (Lipinski definition) is 2. The number of halogens is 3. The van der Waals surface area contributed by atoms with Crippen LogP contribution in [0, 0.1) is 11.3 Å². The SMILES string of the molecule is C[C@H]1C[C@@H](n2c(Nc3ccc(OC(F)(F)F)cc3)nc3ccc(C(=O)NC4CCCC4)cc32)CC(C)(C)C1. The van der Waals surface area contributed by atoms with Crippen LogP contribution in [-0.4, -0.2) is 27.9 Å². The van der Waals surface area contributed by atoms with Crippen LogP contribution in [0.25, 0.3) is 11.0 Å². The molecule has 2 N–H and O–H groups in total. The van der Waals surface area contributed by atoms with E-state index >= 15 is 0 Å². The molecule has 204 valence electrons. The van der Waals surface area contributed by atoms with E-state index in [1.165, 1.54) is 12.1 Å². The first-order chi connectivity index (χ1) is 18.0. The molecule has 0 unspecified atom stereocenters. The van der Waals surface area contributed by atoms with Crippen molar-refractivity contribution in [2.45, 2.75) is 84.2 Å². The topological polar surface area (TPSA) is 68.2 Å². The number of imidazole rings is 1. The Kier molecular flexibility index (Phi) is 7.05. The minimum Gasteiger partial charge on any atom is -0.406 e. The summed E-state index contributed by atoms with van der Waals surface area (Å²) >= 11 is 0. The molecular weight excluding hydrogens is 493 g/mol. The first-order valence-electron chi connectivity index (χ1n) is 13.4. The lowest BCUT2D eigenvalue weighted by atomic mass is 9.70. The van der Waals surface area contributed by atoms with Crippen molar-refractivity contribution in [3.8, 4) is 5.75 Å². The molecule has 0 saturated heterocycles. The third-order valence-corrected chi connectivity index (χ3v) is 7.71. The van der Waals surface area contributed by atoms with Gasteiger partial charge >= 0.3 is 6.36 Å². The number of amides is 1. The summed E-state index contributed by atoms with van der Waals surface area (Å²) in [5.74, 6) is 0.769. The molecular formula is C29H35F3N4O2. The molecule has 6 nitrogen and oxygen atoms in total. The fraction of sp³-hybridized carbons (Fsp3) is 0.517. The summed E-state index contributed by atoms with van der Waals surface area (Å²) in [5.41, 5.74) is 2.98. The van der Waals surface area contributed by atoms with Gasteiger partial charge in [-0.2, -0.15) is 0 Å². The van der Waals surface area contributed by atoms with Crippen LogP contribution in [0.3, 0.4) is 0 Å². The number of aromatic nitrogens is 2. The summed E-state index contributed by atoms with van der Waals surface area (Å²) in [6.45, 7) is 6.82. The van der Waals surface area contributed by atoms with E-state index < -0.39 is 6.36 Å². The molecule has 1 amide bonds. The van der Waals surface area contributed by atoms with E-state index in [-0.39, 0.29) is 29.2 Å². The molecule has 2 aliphatic carbocycles. The number of carbonyl (C=O) groups excluding carboxylic acids is 1. The largest absolute Gasteiger partial charge is 0.573 e. The van der Waals surface area contributed by atoms with Gasteiger partial charge < -0.3 is 19.9 Å². The van der Waals surface area contributed by atoms with Crippen molar-refractivity contribution in [3.63, 3.8) is 0 Å². The van der Waals surface area contributed by atoms with E-state index in [1.807, 2.05) is 18.2 Å². The van der Waals surface area contributed by atoms with E-state index in [4.69, 9.17) is 4.98 Å².